The van der Waals surface area contributed by atoms with E-state index in [9.17, 15) is 0 Å². The minimum atomic E-state index is -0.550. The third kappa shape index (κ3) is 4.11. The van der Waals surface area contributed by atoms with Crippen molar-refractivity contribution in [3.8, 4) is 67.4 Å². The number of benzene rings is 8. The van der Waals surface area contributed by atoms with Crippen molar-refractivity contribution in [2.45, 2.75) is 5.41 Å². The van der Waals surface area contributed by atoms with E-state index in [1.54, 1.807) is 24.9 Å². The van der Waals surface area contributed by atoms with Crippen molar-refractivity contribution in [2.75, 3.05) is 0 Å². The first-order valence-electron chi connectivity index (χ1n) is 18.6. The van der Waals surface area contributed by atoms with Crippen LogP contribution in [0.1, 0.15) is 22.3 Å². The Kier molecular flexibility index (Phi) is 6.23. The number of aromatic nitrogens is 2. The minimum absolute atomic E-state index is 0.550. The molecule has 2 aromatic heterocycles. The summed E-state index contributed by atoms with van der Waals surface area (Å²) in [6.45, 7) is 0. The van der Waals surface area contributed by atoms with Gasteiger partial charge in [0, 0.05) is 11.1 Å². The highest BCUT2D eigenvalue weighted by Crippen LogP contribution is 2.66. The maximum Gasteiger partial charge on any atom is 0.225 e. The predicted octanol–water partition coefficient (Wildman–Crippen LogP) is 13.0. The second kappa shape index (κ2) is 11.3. The van der Waals surface area contributed by atoms with Crippen molar-refractivity contribution in [1.82, 2.24) is 9.97 Å². The summed E-state index contributed by atoms with van der Waals surface area (Å²) < 4.78 is 11.3. The topological polar surface area (TPSA) is 52.1 Å². The van der Waals surface area contributed by atoms with E-state index >= 15 is 0 Å². The Morgan fingerprint density at radius 3 is 1.15 bits per heavy atom. The Hall–Kier alpha value is -7.30. The lowest BCUT2D eigenvalue weighted by molar-refractivity contribution is 0.574. The molecule has 0 aliphatic heterocycles. The van der Waals surface area contributed by atoms with Gasteiger partial charge in [0.05, 0.1) is 17.8 Å². The zero-order valence-electron chi connectivity index (χ0n) is 29.5. The van der Waals surface area contributed by atoms with Crippen LogP contribution < -0.4 is 0 Å². The van der Waals surface area contributed by atoms with Crippen LogP contribution in [0.25, 0.3) is 89.0 Å². The number of hydrogen-bond donors (Lipinski definition) is 0. The van der Waals surface area contributed by atoms with Gasteiger partial charge in [0.1, 0.15) is 12.5 Å². The first kappa shape index (κ1) is 30.2. The van der Waals surface area contributed by atoms with E-state index in [2.05, 4.69) is 168 Å². The molecular weight excluding hydrogens is 673 g/mol. The number of hydrogen-bond acceptors (Lipinski definition) is 4. The monoisotopic (exact) mass is 702 g/mol. The highest BCUT2D eigenvalue weighted by molar-refractivity contribution is 6.18. The average molecular weight is 703 g/mol. The molecule has 0 saturated heterocycles. The quantitative estimate of drug-likeness (QED) is 0.183. The summed E-state index contributed by atoms with van der Waals surface area (Å²) >= 11 is 0. The number of fused-ring (bicyclic) bond motifs is 14. The molecule has 8 aromatic carbocycles. The molecule has 2 aliphatic carbocycles. The van der Waals surface area contributed by atoms with Gasteiger partial charge in [0.2, 0.25) is 11.8 Å². The summed E-state index contributed by atoms with van der Waals surface area (Å²) in [5, 5.41) is 4.95. The SMILES string of the molecule is c1ccc2c(c1)-c1ccccc1C21c2cc(-c3ccc(-c4ncco4)cc3)c3ccccc3c2-c2c1cc(-c1ccc(-c3ncco3)cc1)c1ccccc21. The summed E-state index contributed by atoms with van der Waals surface area (Å²) in [6, 6.07) is 58.2. The minimum Gasteiger partial charge on any atom is -0.445 e. The van der Waals surface area contributed by atoms with Crippen LogP contribution in [0.4, 0.5) is 0 Å². The van der Waals surface area contributed by atoms with Gasteiger partial charge in [0.25, 0.3) is 0 Å². The maximum atomic E-state index is 5.64. The Morgan fingerprint density at radius 2 is 0.727 bits per heavy atom. The van der Waals surface area contributed by atoms with Gasteiger partial charge in [-0.3, -0.25) is 0 Å². The second-order valence-electron chi connectivity index (χ2n) is 14.5. The summed E-state index contributed by atoms with van der Waals surface area (Å²) in [5.74, 6) is 1.24. The zero-order chi connectivity index (χ0) is 36.1. The lowest BCUT2D eigenvalue weighted by Crippen LogP contribution is -2.26. The van der Waals surface area contributed by atoms with Crippen molar-refractivity contribution in [2.24, 2.45) is 0 Å². The van der Waals surface area contributed by atoms with Gasteiger partial charge < -0.3 is 8.83 Å². The van der Waals surface area contributed by atoms with E-state index < -0.39 is 5.41 Å². The molecule has 4 heteroatoms. The van der Waals surface area contributed by atoms with E-state index in [0.717, 1.165) is 22.3 Å². The molecule has 2 aliphatic rings. The zero-order valence-corrected chi connectivity index (χ0v) is 29.5. The molecular formula is C51H30N2O2. The van der Waals surface area contributed by atoms with Crippen LogP contribution in [0.5, 0.6) is 0 Å². The molecule has 4 nitrogen and oxygen atoms in total. The normalized spacial score (nSPS) is 13.2. The molecule has 1 spiro atoms. The van der Waals surface area contributed by atoms with Crippen LogP contribution >= 0.6 is 0 Å². The van der Waals surface area contributed by atoms with Crippen molar-refractivity contribution >= 4 is 21.5 Å². The van der Waals surface area contributed by atoms with Gasteiger partial charge in [-0.25, -0.2) is 9.97 Å². The number of nitrogens with zero attached hydrogens (tertiary/aromatic N) is 2. The van der Waals surface area contributed by atoms with Crippen LogP contribution in [0.2, 0.25) is 0 Å². The summed E-state index contributed by atoms with van der Waals surface area (Å²) in [6.07, 6.45) is 6.62. The Bertz CT molecular complexity index is 2910. The van der Waals surface area contributed by atoms with Crippen molar-refractivity contribution in [1.29, 1.82) is 0 Å². The fourth-order valence-corrected chi connectivity index (χ4v) is 9.64. The molecule has 55 heavy (non-hydrogen) atoms. The van der Waals surface area contributed by atoms with Gasteiger partial charge in [-0.1, -0.05) is 121 Å². The Labute approximate surface area is 317 Å². The van der Waals surface area contributed by atoms with Gasteiger partial charge in [0.15, 0.2) is 0 Å². The Morgan fingerprint density at radius 1 is 0.345 bits per heavy atom. The number of oxazole rings is 2. The smallest absolute Gasteiger partial charge is 0.225 e. The van der Waals surface area contributed by atoms with Crippen LogP contribution in [0.3, 0.4) is 0 Å². The third-order valence-corrected chi connectivity index (χ3v) is 11.8. The fraction of sp³-hybridized carbons (Fsp3) is 0.0196. The van der Waals surface area contributed by atoms with Gasteiger partial charge >= 0.3 is 0 Å². The summed E-state index contributed by atoms with van der Waals surface area (Å²) in [5.41, 5.74) is 16.5. The standard InChI is InChI=1S/C51H30N2O2/c1-3-13-39-35(9-1)41(31-17-21-33(22-18-31)49-52-25-27-54-49)29-45-47(39)48-40-14-4-2-10-36(40)42(32-19-23-34(24-20-32)50-53-26-28-55-50)30-46(48)51(45)43-15-7-5-11-37(43)38-12-6-8-16-44(38)51/h1-30H. The molecule has 0 bridgehead atoms. The van der Waals surface area contributed by atoms with Crippen LogP contribution in [0, 0.1) is 0 Å². The first-order valence-corrected chi connectivity index (χ1v) is 18.6. The lowest BCUT2D eigenvalue weighted by Gasteiger charge is -2.31. The molecule has 256 valence electrons. The van der Waals surface area contributed by atoms with E-state index in [0.29, 0.717) is 11.8 Å². The summed E-state index contributed by atoms with van der Waals surface area (Å²) in [7, 11) is 0. The van der Waals surface area contributed by atoms with Crippen molar-refractivity contribution in [3.05, 3.63) is 205 Å². The Balaban J connectivity index is 1.20. The lowest BCUT2D eigenvalue weighted by atomic mass is 9.69. The molecule has 0 N–H and O–H groups in total. The maximum absolute atomic E-state index is 5.64. The van der Waals surface area contributed by atoms with E-state index in [1.807, 2.05) is 0 Å². The van der Waals surface area contributed by atoms with Crippen LogP contribution in [0.15, 0.2) is 191 Å². The van der Waals surface area contributed by atoms with E-state index in [-0.39, 0.29) is 0 Å². The first-order chi connectivity index (χ1) is 27.3. The van der Waals surface area contributed by atoms with Crippen molar-refractivity contribution < 1.29 is 8.83 Å². The van der Waals surface area contributed by atoms with Crippen molar-refractivity contribution in [3.63, 3.8) is 0 Å². The second-order valence-corrected chi connectivity index (χ2v) is 14.5. The molecule has 12 rings (SSSR count). The van der Waals surface area contributed by atoms with Gasteiger partial charge in [-0.2, -0.15) is 0 Å². The van der Waals surface area contributed by atoms with E-state index in [4.69, 9.17) is 8.83 Å². The highest BCUT2D eigenvalue weighted by Gasteiger charge is 2.53. The molecule has 0 radical (unpaired) electrons. The number of rotatable bonds is 4. The van der Waals surface area contributed by atoms with Crippen LogP contribution in [-0.4, -0.2) is 9.97 Å². The summed E-state index contributed by atoms with van der Waals surface area (Å²) in [4.78, 5) is 8.79. The molecule has 0 amide bonds. The molecule has 0 unspecified atom stereocenters. The third-order valence-electron chi connectivity index (χ3n) is 11.8. The molecule has 0 fully saturated rings. The average Bonchev–Trinajstić information content (AvgIpc) is 4.08. The molecule has 10 aromatic rings. The fourth-order valence-electron chi connectivity index (χ4n) is 9.64. The highest BCUT2D eigenvalue weighted by atomic mass is 16.3. The predicted molar refractivity (Wildman–Crippen MR) is 220 cm³/mol. The largest absolute Gasteiger partial charge is 0.445 e. The molecule has 2 heterocycles. The molecule has 0 saturated carbocycles. The van der Waals surface area contributed by atoms with Crippen LogP contribution in [-0.2, 0) is 5.41 Å². The van der Waals surface area contributed by atoms with Gasteiger partial charge in [-0.15, -0.1) is 0 Å². The van der Waals surface area contributed by atoms with Gasteiger partial charge in [-0.05, 0) is 125 Å². The van der Waals surface area contributed by atoms with E-state index in [1.165, 1.54) is 77.2 Å². The molecule has 0 atom stereocenters.